The van der Waals surface area contributed by atoms with Gasteiger partial charge in [-0.05, 0) is 42.0 Å². The largest absolute Gasteiger partial charge is 0.545 e. The normalized spacial score (nSPS) is 17.0. The molecule has 0 unspecified atom stereocenters. The maximum Gasteiger partial charge on any atom is 0.258 e. The molecule has 21 heavy (non-hydrogen) atoms. The van der Waals surface area contributed by atoms with Crippen LogP contribution in [0.4, 0.5) is 0 Å². The van der Waals surface area contributed by atoms with E-state index in [0.717, 1.165) is 12.8 Å². The van der Waals surface area contributed by atoms with Crippen molar-refractivity contribution in [2.24, 2.45) is 0 Å². The van der Waals surface area contributed by atoms with Crippen molar-refractivity contribution < 1.29 is 4.43 Å². The van der Waals surface area contributed by atoms with E-state index in [4.69, 9.17) is 4.43 Å². The minimum atomic E-state index is -1.78. The van der Waals surface area contributed by atoms with E-state index in [0.29, 0.717) is 16.6 Å². The molecule has 1 aliphatic carbocycles. The van der Waals surface area contributed by atoms with Crippen LogP contribution in [0.25, 0.3) is 0 Å². The Kier molecular flexibility index (Phi) is 6.77. The summed E-state index contributed by atoms with van der Waals surface area (Å²) < 4.78 is 6.88. The average Bonchev–Trinajstić information content (AvgIpc) is 2.36. The van der Waals surface area contributed by atoms with Gasteiger partial charge >= 0.3 is 0 Å². The zero-order chi connectivity index (χ0) is 16.2. The Hall–Kier alpha value is -0.503. The van der Waals surface area contributed by atoms with Crippen LogP contribution >= 0.6 is 0 Å². The monoisotopic (exact) mass is 308 g/mol. The zero-order valence-electron chi connectivity index (χ0n) is 15.5. The molecule has 0 saturated carbocycles. The summed E-state index contributed by atoms with van der Waals surface area (Å²) in [4.78, 5) is 0. The van der Waals surface area contributed by atoms with Gasteiger partial charge in [-0.15, -0.1) is 0 Å². The fraction of sp³-hybridized carbons (Fsp3) is 0.789. The molecule has 0 amide bonds. The highest BCUT2D eigenvalue weighted by Gasteiger charge is 2.47. The quantitative estimate of drug-likeness (QED) is 0.364. The topological polar surface area (TPSA) is 9.23 Å². The highest BCUT2D eigenvalue weighted by atomic mass is 28.4. The van der Waals surface area contributed by atoms with Crippen LogP contribution in [0, 0.1) is 0 Å². The predicted octanol–water partition coefficient (Wildman–Crippen LogP) is 6.97. The van der Waals surface area contributed by atoms with Crippen molar-refractivity contribution in [3.8, 4) is 0 Å². The number of allylic oxidation sites excluding steroid dienone is 3. The van der Waals surface area contributed by atoms with Gasteiger partial charge in [0.15, 0.2) is 0 Å². The molecular formula is C19H36OSi. The third kappa shape index (κ3) is 4.03. The minimum absolute atomic E-state index is 0.652. The third-order valence-electron chi connectivity index (χ3n) is 5.12. The van der Waals surface area contributed by atoms with Gasteiger partial charge in [0.2, 0.25) is 0 Å². The van der Waals surface area contributed by atoms with Gasteiger partial charge in [-0.2, -0.15) is 0 Å². The molecule has 0 heterocycles. The standard InChI is InChI=1S/C19H36OSi/c1-9-10-18-11-12-19(17(8)13-18)20-21(14(2)3,15(4)5)16(6)7/h11,14-16H,9-10,12-13H2,1-8H3. The van der Waals surface area contributed by atoms with Gasteiger partial charge in [0.05, 0.1) is 5.76 Å². The van der Waals surface area contributed by atoms with E-state index in [2.05, 4.69) is 61.5 Å². The first-order valence-corrected chi connectivity index (χ1v) is 10.9. The van der Waals surface area contributed by atoms with Crippen molar-refractivity contribution in [2.45, 2.75) is 97.7 Å². The molecule has 1 aliphatic rings. The first kappa shape index (κ1) is 18.5. The Morgan fingerprint density at radius 3 is 1.95 bits per heavy atom. The van der Waals surface area contributed by atoms with Gasteiger partial charge < -0.3 is 4.43 Å². The molecule has 0 spiro atoms. The summed E-state index contributed by atoms with van der Waals surface area (Å²) in [5, 5.41) is 0. The average molecular weight is 309 g/mol. The summed E-state index contributed by atoms with van der Waals surface area (Å²) in [5.74, 6) is 1.29. The van der Waals surface area contributed by atoms with Crippen LogP contribution in [0.2, 0.25) is 16.6 Å². The van der Waals surface area contributed by atoms with Gasteiger partial charge in [-0.25, -0.2) is 0 Å². The zero-order valence-corrected chi connectivity index (χ0v) is 16.5. The Balaban J connectivity index is 2.98. The summed E-state index contributed by atoms with van der Waals surface area (Å²) in [6, 6.07) is 0. The van der Waals surface area contributed by atoms with Crippen LogP contribution in [0.3, 0.4) is 0 Å². The highest BCUT2D eigenvalue weighted by molar-refractivity contribution is 6.77. The van der Waals surface area contributed by atoms with Gasteiger partial charge in [0, 0.05) is 6.42 Å². The van der Waals surface area contributed by atoms with Crippen molar-refractivity contribution in [1.29, 1.82) is 0 Å². The Labute approximate surface area is 134 Å². The molecule has 0 aliphatic heterocycles. The Morgan fingerprint density at radius 2 is 1.57 bits per heavy atom. The summed E-state index contributed by atoms with van der Waals surface area (Å²) in [6.45, 7) is 18.7. The van der Waals surface area contributed by atoms with Crippen LogP contribution in [-0.2, 0) is 4.43 Å². The fourth-order valence-electron chi connectivity index (χ4n) is 4.13. The van der Waals surface area contributed by atoms with E-state index in [-0.39, 0.29) is 0 Å². The lowest BCUT2D eigenvalue weighted by atomic mass is 9.95. The molecule has 0 bridgehead atoms. The van der Waals surface area contributed by atoms with Crippen LogP contribution in [0.15, 0.2) is 23.0 Å². The first-order chi connectivity index (χ1) is 9.75. The molecule has 1 nitrogen and oxygen atoms in total. The molecule has 0 N–H and O–H groups in total. The molecular weight excluding hydrogens is 272 g/mol. The number of hydrogen-bond donors (Lipinski definition) is 0. The van der Waals surface area contributed by atoms with Crippen molar-refractivity contribution in [1.82, 2.24) is 0 Å². The fourth-order valence-corrected chi connectivity index (χ4v) is 9.52. The van der Waals surface area contributed by atoms with E-state index in [1.54, 1.807) is 5.57 Å². The Morgan fingerprint density at radius 1 is 1.05 bits per heavy atom. The minimum Gasteiger partial charge on any atom is -0.545 e. The second-order valence-electron chi connectivity index (χ2n) is 7.62. The molecule has 0 fully saturated rings. The van der Waals surface area contributed by atoms with E-state index in [1.807, 2.05) is 0 Å². The molecule has 0 aromatic rings. The smallest absolute Gasteiger partial charge is 0.258 e. The first-order valence-electron chi connectivity index (χ1n) is 8.81. The van der Waals surface area contributed by atoms with Crippen molar-refractivity contribution in [2.75, 3.05) is 0 Å². The SMILES string of the molecule is CCCC1=CCC(O[Si](C(C)C)(C(C)C)C(C)C)=C(C)C1. The summed E-state index contributed by atoms with van der Waals surface area (Å²) in [6.07, 6.45) is 7.06. The Bertz CT molecular complexity index is 380. The molecule has 0 aromatic heterocycles. The maximum atomic E-state index is 6.88. The lowest BCUT2D eigenvalue weighted by Gasteiger charge is -2.43. The third-order valence-corrected chi connectivity index (χ3v) is 11.1. The van der Waals surface area contributed by atoms with Crippen LogP contribution in [0.5, 0.6) is 0 Å². The molecule has 0 radical (unpaired) electrons. The summed E-state index contributed by atoms with van der Waals surface area (Å²) >= 11 is 0. The number of hydrogen-bond acceptors (Lipinski definition) is 1. The van der Waals surface area contributed by atoms with E-state index in [9.17, 15) is 0 Å². The second-order valence-corrected chi connectivity index (χ2v) is 13.0. The van der Waals surface area contributed by atoms with Gasteiger partial charge in [0.25, 0.3) is 8.32 Å². The van der Waals surface area contributed by atoms with Gasteiger partial charge in [-0.3, -0.25) is 0 Å². The van der Waals surface area contributed by atoms with Gasteiger partial charge in [0.1, 0.15) is 0 Å². The van der Waals surface area contributed by atoms with E-state index >= 15 is 0 Å². The molecule has 0 atom stereocenters. The van der Waals surface area contributed by atoms with Crippen molar-refractivity contribution in [3.63, 3.8) is 0 Å². The van der Waals surface area contributed by atoms with Crippen LogP contribution in [-0.4, -0.2) is 8.32 Å². The summed E-state index contributed by atoms with van der Waals surface area (Å²) in [7, 11) is -1.78. The molecule has 122 valence electrons. The van der Waals surface area contributed by atoms with Crippen LogP contribution in [0.1, 0.15) is 81.1 Å². The summed E-state index contributed by atoms with van der Waals surface area (Å²) in [5.41, 5.74) is 5.03. The molecule has 2 heteroatoms. The van der Waals surface area contributed by atoms with Crippen LogP contribution < -0.4 is 0 Å². The maximum absolute atomic E-state index is 6.88. The van der Waals surface area contributed by atoms with Crippen molar-refractivity contribution >= 4 is 8.32 Å². The number of rotatable bonds is 7. The predicted molar refractivity (Wildman–Crippen MR) is 97.1 cm³/mol. The second kappa shape index (κ2) is 7.67. The van der Waals surface area contributed by atoms with Gasteiger partial charge in [-0.1, -0.05) is 66.5 Å². The molecule has 1 rings (SSSR count). The molecule has 0 aromatic carbocycles. The van der Waals surface area contributed by atoms with E-state index < -0.39 is 8.32 Å². The van der Waals surface area contributed by atoms with Crippen molar-refractivity contribution in [3.05, 3.63) is 23.0 Å². The highest BCUT2D eigenvalue weighted by Crippen LogP contribution is 2.45. The van der Waals surface area contributed by atoms with E-state index in [1.165, 1.54) is 24.2 Å². The molecule has 0 saturated heterocycles. The lowest BCUT2D eigenvalue weighted by molar-refractivity contribution is 0.354. The lowest BCUT2D eigenvalue weighted by Crippen LogP contribution is -2.47.